The Balaban J connectivity index is 1.97. The minimum absolute atomic E-state index is 0.566. The summed E-state index contributed by atoms with van der Waals surface area (Å²) in [5, 5.41) is 4.34. The third-order valence-corrected chi connectivity index (χ3v) is 4.27. The summed E-state index contributed by atoms with van der Waals surface area (Å²) in [4.78, 5) is 4.00. The molecule has 0 amide bonds. The van der Waals surface area contributed by atoms with Crippen molar-refractivity contribution in [2.24, 2.45) is 0 Å². The smallest absolute Gasteiger partial charge is 0.0736 e. The quantitative estimate of drug-likeness (QED) is 0.848. The zero-order chi connectivity index (χ0) is 11.4. The molecule has 0 spiro atoms. The number of nitrogens with zero attached hydrogens (tertiary/aromatic N) is 1. The molecule has 2 unspecified atom stereocenters. The molecule has 1 aromatic heterocycles. The third-order valence-electron chi connectivity index (χ3n) is 3.17. The molecular formula is C12H19N3S. The Kier molecular flexibility index (Phi) is 3.93. The molecule has 1 fully saturated rings. The van der Waals surface area contributed by atoms with Gasteiger partial charge in [-0.1, -0.05) is 6.42 Å². The van der Waals surface area contributed by atoms with Crippen LogP contribution in [0.3, 0.4) is 0 Å². The summed E-state index contributed by atoms with van der Waals surface area (Å²) in [5.74, 6) is 0. The lowest BCUT2D eigenvalue weighted by atomic mass is 9.95. The van der Waals surface area contributed by atoms with Gasteiger partial charge < -0.3 is 11.1 Å². The van der Waals surface area contributed by atoms with Crippen LogP contribution in [0.15, 0.2) is 18.5 Å². The van der Waals surface area contributed by atoms with Crippen molar-refractivity contribution in [3.8, 4) is 0 Å². The van der Waals surface area contributed by atoms with Gasteiger partial charge in [0.1, 0.15) is 0 Å². The first kappa shape index (κ1) is 11.6. The van der Waals surface area contributed by atoms with Crippen LogP contribution in [-0.4, -0.2) is 22.5 Å². The van der Waals surface area contributed by atoms with Gasteiger partial charge in [0, 0.05) is 17.5 Å². The molecule has 0 aliphatic heterocycles. The second-order valence-electron chi connectivity index (χ2n) is 4.33. The van der Waals surface area contributed by atoms with Crippen LogP contribution < -0.4 is 11.1 Å². The largest absolute Gasteiger partial charge is 0.396 e. The highest BCUT2D eigenvalue weighted by atomic mass is 32.2. The number of rotatable bonds is 3. The van der Waals surface area contributed by atoms with Crippen LogP contribution in [0.4, 0.5) is 11.4 Å². The second-order valence-corrected chi connectivity index (χ2v) is 5.47. The lowest BCUT2D eigenvalue weighted by Crippen LogP contribution is -2.28. The first-order valence-corrected chi connectivity index (χ1v) is 7.07. The minimum Gasteiger partial charge on any atom is -0.396 e. The van der Waals surface area contributed by atoms with Crippen molar-refractivity contribution >= 4 is 23.1 Å². The van der Waals surface area contributed by atoms with Gasteiger partial charge in [-0.3, -0.25) is 4.98 Å². The molecule has 1 aliphatic rings. The highest BCUT2D eigenvalue weighted by Gasteiger charge is 2.21. The normalized spacial score (nSPS) is 25.3. The van der Waals surface area contributed by atoms with Crippen molar-refractivity contribution in [2.75, 3.05) is 17.3 Å². The van der Waals surface area contributed by atoms with Crippen LogP contribution in [0, 0.1) is 0 Å². The van der Waals surface area contributed by atoms with E-state index in [0.717, 1.165) is 16.6 Å². The van der Waals surface area contributed by atoms with E-state index in [1.165, 1.54) is 25.7 Å². The van der Waals surface area contributed by atoms with Crippen molar-refractivity contribution in [2.45, 2.75) is 37.0 Å². The van der Waals surface area contributed by atoms with Crippen molar-refractivity contribution in [3.63, 3.8) is 0 Å². The molecule has 2 rings (SSSR count). The molecule has 0 saturated heterocycles. The van der Waals surface area contributed by atoms with Gasteiger partial charge in [0.2, 0.25) is 0 Å². The molecule has 3 N–H and O–H groups in total. The highest BCUT2D eigenvalue weighted by molar-refractivity contribution is 7.99. The average Bonchev–Trinajstić information content (AvgIpc) is 2.32. The first-order chi connectivity index (χ1) is 7.79. The molecule has 88 valence electrons. The summed E-state index contributed by atoms with van der Waals surface area (Å²) in [5.41, 5.74) is 7.65. The van der Waals surface area contributed by atoms with Gasteiger partial charge in [-0.15, -0.1) is 0 Å². The number of nitrogens with one attached hydrogen (secondary N) is 1. The Bertz CT molecular complexity index is 343. The van der Waals surface area contributed by atoms with E-state index in [-0.39, 0.29) is 0 Å². The Morgan fingerprint density at radius 2 is 2.38 bits per heavy atom. The fourth-order valence-electron chi connectivity index (χ4n) is 2.25. The van der Waals surface area contributed by atoms with Gasteiger partial charge in [-0.05, 0) is 31.6 Å². The van der Waals surface area contributed by atoms with E-state index in [1.54, 1.807) is 12.4 Å². The van der Waals surface area contributed by atoms with Crippen molar-refractivity contribution in [1.29, 1.82) is 0 Å². The molecule has 2 atom stereocenters. The maximum Gasteiger partial charge on any atom is 0.0736 e. The summed E-state index contributed by atoms with van der Waals surface area (Å²) in [6.07, 6.45) is 10.8. The number of pyridine rings is 1. The Morgan fingerprint density at radius 3 is 3.12 bits per heavy atom. The number of hydrogen-bond acceptors (Lipinski definition) is 4. The van der Waals surface area contributed by atoms with E-state index in [2.05, 4.69) is 16.6 Å². The van der Waals surface area contributed by atoms with E-state index in [4.69, 9.17) is 5.73 Å². The molecular weight excluding hydrogens is 218 g/mol. The first-order valence-electron chi connectivity index (χ1n) is 5.78. The predicted octanol–water partition coefficient (Wildman–Crippen LogP) is 2.75. The number of anilines is 2. The summed E-state index contributed by atoms with van der Waals surface area (Å²) >= 11 is 1.98. The summed E-state index contributed by atoms with van der Waals surface area (Å²) in [6.45, 7) is 0. The molecule has 0 aromatic carbocycles. The maximum absolute atomic E-state index is 5.87. The van der Waals surface area contributed by atoms with E-state index >= 15 is 0 Å². The highest BCUT2D eigenvalue weighted by Crippen LogP contribution is 2.29. The van der Waals surface area contributed by atoms with Crippen LogP contribution in [0.5, 0.6) is 0 Å². The van der Waals surface area contributed by atoms with Crippen LogP contribution in [-0.2, 0) is 0 Å². The molecule has 1 aliphatic carbocycles. The second kappa shape index (κ2) is 5.43. The lowest BCUT2D eigenvalue weighted by molar-refractivity contribution is 0.474. The van der Waals surface area contributed by atoms with E-state index < -0.39 is 0 Å². The number of hydrogen-bond donors (Lipinski definition) is 2. The lowest BCUT2D eigenvalue weighted by Gasteiger charge is -2.29. The van der Waals surface area contributed by atoms with Crippen LogP contribution in [0.1, 0.15) is 25.7 Å². The number of nitrogens with two attached hydrogens (primary N) is 1. The third kappa shape index (κ3) is 2.82. The van der Waals surface area contributed by atoms with Gasteiger partial charge in [-0.25, -0.2) is 0 Å². The van der Waals surface area contributed by atoms with Crippen molar-refractivity contribution < 1.29 is 0 Å². The molecule has 1 aromatic rings. The summed E-state index contributed by atoms with van der Waals surface area (Å²) < 4.78 is 0. The molecule has 4 heteroatoms. The topological polar surface area (TPSA) is 50.9 Å². The summed E-state index contributed by atoms with van der Waals surface area (Å²) in [6, 6.07) is 2.52. The standard InChI is InChI=1S/C12H19N3S/c1-16-10-4-2-3-9(7-10)15-12-5-6-14-8-11(12)13/h5-6,8-10H,2-4,7,13H2,1H3,(H,14,15). The van der Waals surface area contributed by atoms with E-state index in [1.807, 2.05) is 17.8 Å². The number of nitrogen functional groups attached to an aromatic ring is 1. The molecule has 16 heavy (non-hydrogen) atoms. The monoisotopic (exact) mass is 237 g/mol. The van der Waals surface area contributed by atoms with Crippen molar-refractivity contribution in [3.05, 3.63) is 18.5 Å². The average molecular weight is 237 g/mol. The van der Waals surface area contributed by atoms with Crippen LogP contribution >= 0.6 is 11.8 Å². The molecule has 1 saturated carbocycles. The Morgan fingerprint density at radius 1 is 1.50 bits per heavy atom. The van der Waals surface area contributed by atoms with Crippen molar-refractivity contribution in [1.82, 2.24) is 4.98 Å². The molecule has 0 radical (unpaired) electrons. The van der Waals surface area contributed by atoms with Gasteiger partial charge in [0.15, 0.2) is 0 Å². The fourth-order valence-corrected chi connectivity index (χ4v) is 3.08. The molecule has 3 nitrogen and oxygen atoms in total. The van der Waals surface area contributed by atoms with Gasteiger partial charge in [0.25, 0.3) is 0 Å². The van der Waals surface area contributed by atoms with E-state index in [0.29, 0.717) is 6.04 Å². The fraction of sp³-hybridized carbons (Fsp3) is 0.583. The van der Waals surface area contributed by atoms with Crippen LogP contribution in [0.25, 0.3) is 0 Å². The molecule has 1 heterocycles. The zero-order valence-corrected chi connectivity index (χ0v) is 10.5. The SMILES string of the molecule is CSC1CCCC(Nc2ccncc2N)C1. The minimum atomic E-state index is 0.566. The Hall–Kier alpha value is -0.900. The predicted molar refractivity (Wildman–Crippen MR) is 71.8 cm³/mol. The van der Waals surface area contributed by atoms with E-state index in [9.17, 15) is 0 Å². The summed E-state index contributed by atoms with van der Waals surface area (Å²) in [7, 11) is 0. The zero-order valence-electron chi connectivity index (χ0n) is 9.65. The van der Waals surface area contributed by atoms with Gasteiger partial charge in [0.05, 0.1) is 17.6 Å². The van der Waals surface area contributed by atoms with Gasteiger partial charge in [-0.2, -0.15) is 11.8 Å². The number of thioether (sulfide) groups is 1. The molecule has 0 bridgehead atoms. The van der Waals surface area contributed by atoms with Gasteiger partial charge >= 0.3 is 0 Å². The Labute approximate surface area is 101 Å². The number of aromatic nitrogens is 1. The maximum atomic E-state index is 5.87. The van der Waals surface area contributed by atoms with Crippen LogP contribution in [0.2, 0.25) is 0 Å².